The van der Waals surface area contributed by atoms with Crippen molar-refractivity contribution in [2.45, 2.75) is 32.9 Å². The molecule has 1 aliphatic heterocycles. The summed E-state index contributed by atoms with van der Waals surface area (Å²) in [6.07, 6.45) is 0.285. The van der Waals surface area contributed by atoms with E-state index in [9.17, 15) is 9.59 Å². The van der Waals surface area contributed by atoms with Crippen LogP contribution in [-0.2, 0) is 27.3 Å². The van der Waals surface area contributed by atoms with E-state index < -0.39 is 6.10 Å². The van der Waals surface area contributed by atoms with Crippen LogP contribution in [0.1, 0.15) is 36.6 Å². The fourth-order valence-electron chi connectivity index (χ4n) is 2.89. The third-order valence-electron chi connectivity index (χ3n) is 4.44. The molecule has 2 N–H and O–H groups in total. The average molecular weight is 352 g/mol. The smallest absolute Gasteiger partial charge is 0.254 e. The Bertz CT molecular complexity index is 784. The molecule has 3 rings (SSSR count). The van der Waals surface area contributed by atoms with Gasteiger partial charge in [0.2, 0.25) is 5.91 Å². The lowest BCUT2D eigenvalue weighted by atomic mass is 9.97. The number of amides is 2. The minimum atomic E-state index is -0.551. The van der Waals surface area contributed by atoms with E-state index in [0.717, 1.165) is 23.2 Å². The summed E-state index contributed by atoms with van der Waals surface area (Å²) in [4.78, 5) is 24.2. The van der Waals surface area contributed by atoms with Gasteiger partial charge in [-0.3, -0.25) is 9.59 Å². The summed E-state index contributed by atoms with van der Waals surface area (Å²) in [7, 11) is 0. The molecule has 0 aliphatic carbocycles. The molecule has 0 unspecified atom stereocenters. The summed E-state index contributed by atoms with van der Waals surface area (Å²) < 4.78 is 5.68. The summed E-state index contributed by atoms with van der Waals surface area (Å²) >= 11 is 0. The van der Waals surface area contributed by atoms with Gasteiger partial charge in [-0.05, 0) is 35.2 Å². The normalized spacial score (nSPS) is 16.0. The van der Waals surface area contributed by atoms with Crippen molar-refractivity contribution in [3.63, 3.8) is 0 Å². The van der Waals surface area contributed by atoms with Crippen LogP contribution in [0.3, 0.4) is 0 Å². The number of ether oxygens (including phenoxy) is 1. The monoisotopic (exact) mass is 352 g/mol. The van der Waals surface area contributed by atoms with Gasteiger partial charge in [0.15, 0.2) is 6.10 Å². The van der Waals surface area contributed by atoms with Gasteiger partial charge in [-0.2, -0.15) is 0 Å². The highest BCUT2D eigenvalue weighted by Gasteiger charge is 2.26. The molecular formula is C21H24N2O3. The van der Waals surface area contributed by atoms with Crippen LogP contribution in [0.15, 0.2) is 48.5 Å². The quantitative estimate of drug-likeness (QED) is 0.868. The molecule has 26 heavy (non-hydrogen) atoms. The lowest BCUT2D eigenvalue weighted by Crippen LogP contribution is -2.33. The van der Waals surface area contributed by atoms with Crippen LogP contribution in [0.2, 0.25) is 0 Å². The predicted molar refractivity (Wildman–Crippen MR) is 101 cm³/mol. The van der Waals surface area contributed by atoms with Crippen LogP contribution in [0.4, 0.5) is 5.69 Å². The SMILES string of the molecule is CC(C)C(=O)Nc1ccc(CNC(=O)[C@H]2OCCc3ccccc32)cc1. The first-order chi connectivity index (χ1) is 12.5. The van der Waals surface area contributed by atoms with Gasteiger partial charge in [-0.1, -0.05) is 50.2 Å². The van der Waals surface area contributed by atoms with Gasteiger partial charge in [0.1, 0.15) is 0 Å². The van der Waals surface area contributed by atoms with E-state index in [0.29, 0.717) is 13.2 Å². The van der Waals surface area contributed by atoms with E-state index in [4.69, 9.17) is 4.74 Å². The molecule has 0 aromatic heterocycles. The van der Waals surface area contributed by atoms with Gasteiger partial charge >= 0.3 is 0 Å². The Morgan fingerprint density at radius 1 is 1.12 bits per heavy atom. The van der Waals surface area contributed by atoms with E-state index in [1.54, 1.807) is 0 Å². The van der Waals surface area contributed by atoms with E-state index in [1.165, 1.54) is 5.56 Å². The Kier molecular flexibility index (Phi) is 5.68. The number of benzene rings is 2. The number of hydrogen-bond donors (Lipinski definition) is 2. The highest BCUT2D eigenvalue weighted by molar-refractivity contribution is 5.92. The van der Waals surface area contributed by atoms with Gasteiger partial charge in [0.25, 0.3) is 5.91 Å². The van der Waals surface area contributed by atoms with Crippen LogP contribution < -0.4 is 10.6 Å². The number of carbonyl (C=O) groups excluding carboxylic acids is 2. The van der Waals surface area contributed by atoms with Crippen LogP contribution in [-0.4, -0.2) is 18.4 Å². The fraction of sp³-hybridized carbons (Fsp3) is 0.333. The third-order valence-corrected chi connectivity index (χ3v) is 4.44. The van der Waals surface area contributed by atoms with Crippen molar-refractivity contribution in [1.29, 1.82) is 0 Å². The van der Waals surface area contributed by atoms with Gasteiger partial charge in [-0.15, -0.1) is 0 Å². The molecule has 0 saturated heterocycles. The zero-order valence-corrected chi connectivity index (χ0v) is 15.1. The number of nitrogens with one attached hydrogen (secondary N) is 2. The fourth-order valence-corrected chi connectivity index (χ4v) is 2.89. The second-order valence-electron chi connectivity index (χ2n) is 6.76. The summed E-state index contributed by atoms with van der Waals surface area (Å²) in [5.74, 6) is -0.208. The average Bonchev–Trinajstić information content (AvgIpc) is 2.66. The molecule has 136 valence electrons. The van der Waals surface area contributed by atoms with Crippen molar-refractivity contribution < 1.29 is 14.3 Å². The Morgan fingerprint density at radius 2 is 1.85 bits per heavy atom. The zero-order chi connectivity index (χ0) is 18.5. The first kappa shape index (κ1) is 18.1. The van der Waals surface area contributed by atoms with E-state index in [1.807, 2.05) is 62.4 Å². The zero-order valence-electron chi connectivity index (χ0n) is 15.1. The van der Waals surface area contributed by atoms with E-state index in [-0.39, 0.29) is 17.7 Å². The Balaban J connectivity index is 1.58. The number of rotatable bonds is 5. The van der Waals surface area contributed by atoms with Crippen molar-refractivity contribution >= 4 is 17.5 Å². The molecule has 5 nitrogen and oxygen atoms in total. The van der Waals surface area contributed by atoms with Crippen molar-refractivity contribution in [3.8, 4) is 0 Å². The number of fused-ring (bicyclic) bond motifs is 1. The van der Waals surface area contributed by atoms with Gasteiger partial charge in [0.05, 0.1) is 6.61 Å². The van der Waals surface area contributed by atoms with Crippen LogP contribution >= 0.6 is 0 Å². The summed E-state index contributed by atoms with van der Waals surface area (Å²) in [5, 5.41) is 5.79. The van der Waals surface area contributed by atoms with Crippen LogP contribution in [0, 0.1) is 5.92 Å². The second-order valence-corrected chi connectivity index (χ2v) is 6.76. The van der Waals surface area contributed by atoms with E-state index >= 15 is 0 Å². The van der Waals surface area contributed by atoms with Gasteiger partial charge in [-0.25, -0.2) is 0 Å². The molecule has 1 atom stereocenters. The number of hydrogen-bond acceptors (Lipinski definition) is 3. The Hall–Kier alpha value is -2.66. The molecule has 0 fully saturated rings. The summed E-state index contributed by atoms with van der Waals surface area (Å²) in [6, 6.07) is 15.4. The maximum atomic E-state index is 12.5. The molecule has 2 amide bonds. The largest absolute Gasteiger partial charge is 0.363 e. The maximum absolute atomic E-state index is 12.5. The predicted octanol–water partition coefficient (Wildman–Crippen LogP) is 3.21. The minimum absolute atomic E-state index is 0.0147. The van der Waals surface area contributed by atoms with Crippen LogP contribution in [0.5, 0.6) is 0 Å². The van der Waals surface area contributed by atoms with Gasteiger partial charge < -0.3 is 15.4 Å². The molecule has 0 spiro atoms. The standard InChI is InChI=1S/C21H24N2O3/c1-14(2)20(24)23-17-9-7-15(8-10-17)13-22-21(25)19-18-6-4-3-5-16(18)11-12-26-19/h3-10,14,19H,11-13H2,1-2H3,(H,22,25)(H,23,24)/t19-/m0/s1. The molecule has 0 bridgehead atoms. The summed E-state index contributed by atoms with van der Waals surface area (Å²) in [6.45, 7) is 4.67. The second kappa shape index (κ2) is 8.15. The lowest BCUT2D eigenvalue weighted by molar-refractivity contribution is -0.134. The van der Waals surface area contributed by atoms with Crippen molar-refractivity contribution in [2.75, 3.05) is 11.9 Å². The highest BCUT2D eigenvalue weighted by Crippen LogP contribution is 2.27. The lowest BCUT2D eigenvalue weighted by Gasteiger charge is -2.25. The molecule has 0 saturated carbocycles. The molecule has 1 aliphatic rings. The van der Waals surface area contributed by atoms with Crippen molar-refractivity contribution in [2.24, 2.45) is 5.92 Å². The minimum Gasteiger partial charge on any atom is -0.363 e. The van der Waals surface area contributed by atoms with Crippen molar-refractivity contribution in [1.82, 2.24) is 5.32 Å². The van der Waals surface area contributed by atoms with Gasteiger partial charge in [0, 0.05) is 18.2 Å². The maximum Gasteiger partial charge on any atom is 0.254 e. The highest BCUT2D eigenvalue weighted by atomic mass is 16.5. The Labute approximate surface area is 153 Å². The van der Waals surface area contributed by atoms with Crippen molar-refractivity contribution in [3.05, 3.63) is 65.2 Å². The number of anilines is 1. The topological polar surface area (TPSA) is 67.4 Å². The molecule has 5 heteroatoms. The third kappa shape index (κ3) is 4.29. The first-order valence-electron chi connectivity index (χ1n) is 8.91. The first-order valence-corrected chi connectivity index (χ1v) is 8.91. The molecule has 2 aromatic rings. The number of carbonyl (C=O) groups is 2. The van der Waals surface area contributed by atoms with Crippen LogP contribution in [0.25, 0.3) is 0 Å². The Morgan fingerprint density at radius 3 is 2.58 bits per heavy atom. The molecule has 2 aromatic carbocycles. The summed E-state index contributed by atoms with van der Waals surface area (Å²) in [5.41, 5.74) is 3.83. The molecule has 0 radical (unpaired) electrons. The molecular weight excluding hydrogens is 328 g/mol. The molecule has 1 heterocycles. The van der Waals surface area contributed by atoms with E-state index in [2.05, 4.69) is 10.6 Å².